The van der Waals surface area contributed by atoms with Crippen molar-refractivity contribution in [1.29, 1.82) is 0 Å². The van der Waals surface area contributed by atoms with Crippen LogP contribution in [0, 0.1) is 28.6 Å². The summed E-state index contributed by atoms with van der Waals surface area (Å²) in [5.74, 6) is -1.31. The number of ketones is 1. The normalized spacial score (nSPS) is 54.8. The SMILES string of the molecule is CC12CCC(=O)C=C1CC(C(=O)O)C1C3CC[C@@]4(CCC(=O)O4)[C@@]3(C)C[C@H]3O[C@]132. The Morgan fingerprint density at radius 1 is 1.17 bits per heavy atom. The second-order valence-electron chi connectivity index (χ2n) is 10.8. The molecule has 0 aromatic carbocycles. The molecule has 6 rings (SSSR count). The molecule has 8 atom stereocenters. The van der Waals surface area contributed by atoms with Crippen molar-refractivity contribution in [3.05, 3.63) is 11.6 Å². The van der Waals surface area contributed by atoms with Crippen LogP contribution in [0.15, 0.2) is 11.6 Å². The van der Waals surface area contributed by atoms with Gasteiger partial charge in [-0.3, -0.25) is 14.4 Å². The summed E-state index contributed by atoms with van der Waals surface area (Å²) in [5, 5.41) is 10.2. The standard InChI is InChI=1S/C23H28O6/c1-20-6-3-13(24)9-12(20)10-14(19(26)27)18-15-4-7-22(8-5-17(25)29-22)21(15,2)11-16-23(18,20)28-16/h9,14-16,18H,3-8,10-11H2,1-2H3,(H,26,27)/t14?,15?,16-,18?,20?,21+,22-,23+/m1/s1. The van der Waals surface area contributed by atoms with Gasteiger partial charge in [-0.05, 0) is 50.5 Å². The predicted molar refractivity (Wildman–Crippen MR) is 101 cm³/mol. The van der Waals surface area contributed by atoms with Gasteiger partial charge in [0.2, 0.25) is 0 Å². The zero-order valence-electron chi connectivity index (χ0n) is 17.0. The minimum atomic E-state index is -0.793. The third-order valence-electron chi connectivity index (χ3n) is 10.0. The third kappa shape index (κ3) is 1.86. The van der Waals surface area contributed by atoms with E-state index in [1.165, 1.54) is 0 Å². The number of carbonyl (C=O) groups excluding carboxylic acids is 2. The van der Waals surface area contributed by atoms with Gasteiger partial charge in [0, 0.05) is 29.6 Å². The van der Waals surface area contributed by atoms with Crippen LogP contribution in [0.3, 0.4) is 0 Å². The van der Waals surface area contributed by atoms with Crippen LogP contribution in [0.4, 0.5) is 0 Å². The number of carboxylic acid groups (broad SMARTS) is 1. The van der Waals surface area contributed by atoms with Gasteiger partial charge >= 0.3 is 11.9 Å². The van der Waals surface area contributed by atoms with Crippen molar-refractivity contribution in [3.8, 4) is 0 Å². The number of esters is 1. The van der Waals surface area contributed by atoms with Crippen LogP contribution in [-0.4, -0.2) is 40.1 Å². The lowest BCUT2D eigenvalue weighted by atomic mass is 9.43. The van der Waals surface area contributed by atoms with Gasteiger partial charge < -0.3 is 14.6 Å². The van der Waals surface area contributed by atoms with Crippen LogP contribution in [-0.2, 0) is 23.9 Å². The highest BCUT2D eigenvalue weighted by atomic mass is 16.6. The average Bonchev–Trinajstić information content (AvgIpc) is 3.14. The Kier molecular flexibility index (Phi) is 3.20. The van der Waals surface area contributed by atoms with Gasteiger partial charge in [-0.15, -0.1) is 0 Å². The van der Waals surface area contributed by atoms with E-state index in [-0.39, 0.29) is 40.5 Å². The molecule has 5 fully saturated rings. The summed E-state index contributed by atoms with van der Waals surface area (Å²) in [5.41, 5.74) is -0.492. The number of carboxylic acids is 1. The first-order valence-corrected chi connectivity index (χ1v) is 11.0. The molecule has 2 heterocycles. The number of carbonyl (C=O) groups is 3. The van der Waals surface area contributed by atoms with Crippen LogP contribution < -0.4 is 0 Å². The van der Waals surface area contributed by atoms with Crippen LogP contribution >= 0.6 is 0 Å². The van der Waals surface area contributed by atoms with E-state index < -0.39 is 23.1 Å². The van der Waals surface area contributed by atoms with Crippen molar-refractivity contribution in [2.45, 2.75) is 82.5 Å². The molecule has 1 N–H and O–H groups in total. The quantitative estimate of drug-likeness (QED) is 0.537. The van der Waals surface area contributed by atoms with Crippen molar-refractivity contribution < 1.29 is 29.0 Å². The van der Waals surface area contributed by atoms with E-state index in [0.29, 0.717) is 19.3 Å². The maximum atomic E-state index is 12.4. The van der Waals surface area contributed by atoms with Crippen LogP contribution in [0.25, 0.3) is 0 Å². The predicted octanol–water partition coefficient (Wildman–Crippen LogP) is 3.04. The van der Waals surface area contributed by atoms with Crippen LogP contribution in [0.1, 0.15) is 65.2 Å². The smallest absolute Gasteiger partial charge is 0.307 e. The van der Waals surface area contributed by atoms with Gasteiger partial charge in [0.15, 0.2) is 5.78 Å². The van der Waals surface area contributed by atoms with Crippen molar-refractivity contribution in [2.75, 3.05) is 0 Å². The van der Waals surface area contributed by atoms with Gasteiger partial charge in [-0.25, -0.2) is 0 Å². The molecular formula is C23H28O6. The minimum absolute atomic E-state index is 0.0215. The Labute approximate surface area is 170 Å². The molecule has 0 amide bonds. The van der Waals surface area contributed by atoms with E-state index in [1.54, 1.807) is 6.08 Å². The molecule has 6 aliphatic rings. The Morgan fingerprint density at radius 3 is 2.66 bits per heavy atom. The van der Waals surface area contributed by atoms with Gasteiger partial charge in [-0.2, -0.15) is 0 Å². The molecule has 2 saturated heterocycles. The van der Waals surface area contributed by atoms with E-state index in [1.807, 2.05) is 0 Å². The number of rotatable bonds is 1. The zero-order valence-corrected chi connectivity index (χ0v) is 17.0. The summed E-state index contributed by atoms with van der Waals surface area (Å²) < 4.78 is 12.5. The van der Waals surface area contributed by atoms with E-state index in [0.717, 1.165) is 37.7 Å². The molecule has 0 radical (unpaired) electrons. The number of fused-ring (bicyclic) bond motifs is 4. The first-order chi connectivity index (χ1) is 13.7. The Hall–Kier alpha value is -1.69. The van der Waals surface area contributed by atoms with E-state index in [9.17, 15) is 19.5 Å². The minimum Gasteiger partial charge on any atom is -0.481 e. The number of epoxide rings is 1. The fraction of sp³-hybridized carbons (Fsp3) is 0.783. The lowest BCUT2D eigenvalue weighted by molar-refractivity contribution is -0.171. The second-order valence-corrected chi connectivity index (χ2v) is 10.8. The highest BCUT2D eigenvalue weighted by molar-refractivity contribution is 5.92. The summed E-state index contributed by atoms with van der Waals surface area (Å²) in [6.45, 7) is 4.41. The van der Waals surface area contributed by atoms with Gasteiger partial charge in [0.1, 0.15) is 11.2 Å². The van der Waals surface area contributed by atoms with E-state index in [2.05, 4.69) is 13.8 Å². The lowest BCUT2D eigenvalue weighted by Crippen LogP contribution is -2.63. The zero-order chi connectivity index (χ0) is 20.4. The summed E-state index contributed by atoms with van der Waals surface area (Å²) in [7, 11) is 0. The monoisotopic (exact) mass is 400 g/mol. The average molecular weight is 400 g/mol. The maximum Gasteiger partial charge on any atom is 0.307 e. The Bertz CT molecular complexity index is 892. The highest BCUT2D eigenvalue weighted by Crippen LogP contribution is 2.78. The maximum absolute atomic E-state index is 12.4. The molecule has 0 aromatic heterocycles. The van der Waals surface area contributed by atoms with Crippen molar-refractivity contribution in [3.63, 3.8) is 0 Å². The Balaban J connectivity index is 1.49. The van der Waals surface area contributed by atoms with Crippen molar-refractivity contribution in [2.24, 2.45) is 28.6 Å². The molecule has 4 aliphatic carbocycles. The summed E-state index contributed by atoms with van der Waals surface area (Å²) in [4.78, 5) is 36.6. The summed E-state index contributed by atoms with van der Waals surface area (Å²) in [6, 6.07) is 0. The van der Waals surface area contributed by atoms with E-state index in [4.69, 9.17) is 9.47 Å². The van der Waals surface area contributed by atoms with Gasteiger partial charge in [0.25, 0.3) is 0 Å². The first-order valence-electron chi connectivity index (χ1n) is 11.0. The molecular weight excluding hydrogens is 372 g/mol. The Morgan fingerprint density at radius 2 is 1.97 bits per heavy atom. The molecule has 3 saturated carbocycles. The fourth-order valence-corrected chi connectivity index (χ4v) is 8.55. The molecule has 6 heteroatoms. The van der Waals surface area contributed by atoms with Crippen LogP contribution in [0.5, 0.6) is 0 Å². The summed E-state index contributed by atoms with van der Waals surface area (Å²) in [6.07, 6.45) is 7.07. The molecule has 0 aromatic rings. The number of aliphatic carboxylic acids is 1. The molecule has 2 spiro atoms. The number of hydrogen-bond acceptors (Lipinski definition) is 5. The largest absolute Gasteiger partial charge is 0.481 e. The molecule has 2 aliphatic heterocycles. The number of ether oxygens (including phenoxy) is 2. The lowest BCUT2D eigenvalue weighted by Gasteiger charge is -2.58. The van der Waals surface area contributed by atoms with Gasteiger partial charge in [-0.1, -0.05) is 19.4 Å². The van der Waals surface area contributed by atoms with Crippen LogP contribution in [0.2, 0.25) is 0 Å². The molecule has 6 nitrogen and oxygen atoms in total. The summed E-state index contributed by atoms with van der Waals surface area (Å²) >= 11 is 0. The molecule has 0 bridgehead atoms. The van der Waals surface area contributed by atoms with E-state index >= 15 is 0 Å². The molecule has 4 unspecified atom stereocenters. The third-order valence-corrected chi connectivity index (χ3v) is 10.0. The fourth-order valence-electron chi connectivity index (χ4n) is 8.55. The highest BCUT2D eigenvalue weighted by Gasteiger charge is 2.83. The first kappa shape index (κ1) is 18.1. The van der Waals surface area contributed by atoms with Crippen molar-refractivity contribution in [1.82, 2.24) is 0 Å². The van der Waals surface area contributed by atoms with Gasteiger partial charge in [0.05, 0.1) is 12.0 Å². The molecule has 29 heavy (non-hydrogen) atoms. The molecule has 156 valence electrons. The number of hydrogen-bond donors (Lipinski definition) is 1. The topological polar surface area (TPSA) is 93.2 Å². The second kappa shape index (κ2) is 5.13. The van der Waals surface area contributed by atoms with Crippen molar-refractivity contribution >= 4 is 17.7 Å².